The van der Waals surface area contributed by atoms with Crippen LogP contribution in [0, 0.1) is 3.57 Å². The van der Waals surface area contributed by atoms with Crippen LogP contribution in [0.4, 0.5) is 0 Å². The first-order valence-electron chi connectivity index (χ1n) is 7.33. The van der Waals surface area contributed by atoms with Crippen LogP contribution in [0.3, 0.4) is 0 Å². The van der Waals surface area contributed by atoms with Crippen LogP contribution in [-0.2, 0) is 0 Å². The summed E-state index contributed by atoms with van der Waals surface area (Å²) in [6.45, 7) is 3.27. The van der Waals surface area contributed by atoms with Gasteiger partial charge in [-0.2, -0.15) is 0 Å². The molecule has 1 saturated heterocycles. The summed E-state index contributed by atoms with van der Waals surface area (Å²) in [5, 5.41) is 0. The Morgan fingerprint density at radius 2 is 2.05 bits per heavy atom. The number of likely N-dealkylation sites (tertiary alicyclic amines) is 1. The van der Waals surface area contributed by atoms with Crippen LogP contribution in [0.1, 0.15) is 29.6 Å². The summed E-state index contributed by atoms with van der Waals surface area (Å²) in [4.78, 5) is 16.3. The molecule has 0 unspecified atom stereocenters. The summed E-state index contributed by atoms with van der Waals surface area (Å²) >= 11 is 2.19. The second kappa shape index (κ2) is 8.37. The molecule has 1 aliphatic rings. The van der Waals surface area contributed by atoms with Crippen molar-refractivity contribution >= 4 is 28.5 Å². The predicted octanol–water partition coefficient (Wildman–Crippen LogP) is 3.52. The van der Waals surface area contributed by atoms with E-state index in [0.717, 1.165) is 15.7 Å². The second-order valence-corrected chi connectivity index (χ2v) is 6.42. The molecule has 0 radical (unpaired) electrons. The average Bonchev–Trinajstić information content (AvgIpc) is 2.52. The highest BCUT2D eigenvalue weighted by Crippen LogP contribution is 2.13. The van der Waals surface area contributed by atoms with Crippen molar-refractivity contribution in [1.29, 1.82) is 0 Å². The molecule has 1 aliphatic heterocycles. The van der Waals surface area contributed by atoms with Crippen LogP contribution in [0.15, 0.2) is 42.3 Å². The molecule has 3 nitrogen and oxygen atoms in total. The van der Waals surface area contributed by atoms with Crippen molar-refractivity contribution in [3.05, 3.63) is 51.4 Å². The predicted molar refractivity (Wildman–Crippen MR) is 94.2 cm³/mol. The molecule has 0 bridgehead atoms. The van der Waals surface area contributed by atoms with E-state index in [1.807, 2.05) is 30.3 Å². The van der Waals surface area contributed by atoms with E-state index in [1.165, 1.54) is 32.4 Å². The van der Waals surface area contributed by atoms with Crippen molar-refractivity contribution in [3.63, 3.8) is 0 Å². The lowest BCUT2D eigenvalue weighted by Gasteiger charge is -2.24. The summed E-state index contributed by atoms with van der Waals surface area (Å²) in [7, 11) is 1.77. The topological polar surface area (TPSA) is 23.6 Å². The Kier molecular flexibility index (Phi) is 6.49. The Bertz CT molecular complexity index is 543. The zero-order chi connectivity index (χ0) is 15.1. The molecular formula is C17H21IN2O. The van der Waals surface area contributed by atoms with E-state index < -0.39 is 0 Å². The number of carbonyl (C=O) groups is 1. The molecule has 0 N–H and O–H groups in total. The summed E-state index contributed by atoms with van der Waals surface area (Å²) in [5.41, 5.74) is 3.84. The summed E-state index contributed by atoms with van der Waals surface area (Å²) in [6.07, 6.45) is 7.66. The Hall–Kier alpha value is -1.10. The third-order valence-corrected chi connectivity index (χ3v) is 4.55. The van der Waals surface area contributed by atoms with Gasteiger partial charge in [-0.05, 0) is 66.7 Å². The highest BCUT2D eigenvalue weighted by molar-refractivity contribution is 14.1. The number of rotatable bonds is 4. The molecule has 0 aromatic heterocycles. The summed E-state index contributed by atoms with van der Waals surface area (Å²) in [6, 6.07) is 7.62. The summed E-state index contributed by atoms with van der Waals surface area (Å²) in [5.74, 6) is -0.00104. The number of benzene rings is 1. The van der Waals surface area contributed by atoms with Crippen molar-refractivity contribution < 1.29 is 4.79 Å². The lowest BCUT2D eigenvalue weighted by molar-refractivity contribution is 0.0849. The van der Waals surface area contributed by atoms with Gasteiger partial charge < -0.3 is 4.90 Å². The van der Waals surface area contributed by atoms with Gasteiger partial charge in [-0.3, -0.25) is 9.69 Å². The minimum atomic E-state index is -0.00104. The fourth-order valence-corrected chi connectivity index (χ4v) is 2.99. The van der Waals surface area contributed by atoms with E-state index in [9.17, 15) is 4.79 Å². The molecule has 0 aliphatic carbocycles. The van der Waals surface area contributed by atoms with E-state index in [2.05, 4.69) is 33.2 Å². The van der Waals surface area contributed by atoms with E-state index in [-0.39, 0.29) is 5.91 Å². The number of hydrogen-bond donors (Lipinski definition) is 0. The zero-order valence-corrected chi connectivity index (χ0v) is 14.5. The molecule has 1 heterocycles. The summed E-state index contributed by atoms with van der Waals surface area (Å²) < 4.78 is 0.970. The minimum Gasteiger partial charge on any atom is -0.311 e. The molecule has 0 spiro atoms. The molecule has 4 heteroatoms. The van der Waals surface area contributed by atoms with Gasteiger partial charge in [0.25, 0.3) is 5.91 Å². The molecule has 1 aromatic rings. The van der Waals surface area contributed by atoms with Gasteiger partial charge in [0.15, 0.2) is 0 Å². The Labute approximate surface area is 140 Å². The maximum atomic E-state index is 12.3. The van der Waals surface area contributed by atoms with Gasteiger partial charge in [0.1, 0.15) is 0 Å². The van der Waals surface area contributed by atoms with Gasteiger partial charge in [-0.15, -0.1) is 5.73 Å². The van der Waals surface area contributed by atoms with Gasteiger partial charge in [0.2, 0.25) is 0 Å². The largest absolute Gasteiger partial charge is 0.311 e. The first-order chi connectivity index (χ1) is 10.2. The van der Waals surface area contributed by atoms with Crippen LogP contribution >= 0.6 is 22.6 Å². The third-order valence-electron chi connectivity index (χ3n) is 3.61. The van der Waals surface area contributed by atoms with Crippen molar-refractivity contribution in [2.75, 3.05) is 26.7 Å². The molecule has 2 rings (SSSR count). The van der Waals surface area contributed by atoms with Crippen LogP contribution in [0.2, 0.25) is 0 Å². The van der Waals surface area contributed by atoms with E-state index in [0.29, 0.717) is 0 Å². The number of halogens is 1. The van der Waals surface area contributed by atoms with E-state index >= 15 is 0 Å². The molecule has 1 aromatic carbocycles. The highest BCUT2D eigenvalue weighted by atomic mass is 127. The van der Waals surface area contributed by atoms with Gasteiger partial charge in [0.05, 0.1) is 5.56 Å². The van der Waals surface area contributed by atoms with Gasteiger partial charge in [-0.1, -0.05) is 18.6 Å². The number of carbonyl (C=O) groups excluding carboxylic acids is 1. The zero-order valence-electron chi connectivity index (χ0n) is 12.4. The van der Waals surface area contributed by atoms with Crippen molar-refractivity contribution in [1.82, 2.24) is 9.80 Å². The lowest BCUT2D eigenvalue weighted by atomic mass is 10.1. The number of piperidine rings is 1. The van der Waals surface area contributed by atoms with Crippen LogP contribution in [0.5, 0.6) is 0 Å². The normalized spacial score (nSPS) is 15.1. The van der Waals surface area contributed by atoms with Crippen LogP contribution < -0.4 is 0 Å². The maximum absolute atomic E-state index is 12.3. The van der Waals surface area contributed by atoms with Gasteiger partial charge in [0, 0.05) is 23.4 Å². The highest BCUT2D eigenvalue weighted by Gasteiger charge is 2.12. The standard InChI is InChI=1S/C17H21IN2O/c1-19(17(21)15-9-3-4-10-16(15)18)11-7-8-14-20-12-5-2-6-13-20/h3-4,8-11H,2,5-6,12-14H2,1H3. The first kappa shape index (κ1) is 16.3. The van der Waals surface area contributed by atoms with Crippen molar-refractivity contribution in [2.24, 2.45) is 0 Å². The monoisotopic (exact) mass is 396 g/mol. The quantitative estimate of drug-likeness (QED) is 0.575. The van der Waals surface area contributed by atoms with Gasteiger partial charge >= 0.3 is 0 Å². The molecule has 0 atom stereocenters. The molecule has 21 heavy (non-hydrogen) atoms. The number of amides is 1. The molecule has 1 amide bonds. The Balaban J connectivity index is 1.90. The molecular weight excluding hydrogens is 375 g/mol. The molecule has 1 fully saturated rings. The third kappa shape index (κ3) is 4.99. The average molecular weight is 396 g/mol. The van der Waals surface area contributed by atoms with Crippen LogP contribution in [0.25, 0.3) is 0 Å². The SMILES string of the molecule is CN(C=C=CCN1CCCCC1)C(=O)c1ccccc1I. The Morgan fingerprint density at radius 1 is 1.33 bits per heavy atom. The number of hydrogen-bond acceptors (Lipinski definition) is 2. The molecule has 112 valence electrons. The first-order valence-corrected chi connectivity index (χ1v) is 8.41. The van der Waals surface area contributed by atoms with Crippen molar-refractivity contribution in [2.45, 2.75) is 19.3 Å². The van der Waals surface area contributed by atoms with E-state index in [1.54, 1.807) is 18.1 Å². The molecule has 0 saturated carbocycles. The van der Waals surface area contributed by atoms with Crippen molar-refractivity contribution in [3.8, 4) is 0 Å². The Morgan fingerprint density at radius 3 is 2.76 bits per heavy atom. The number of nitrogens with zero attached hydrogens (tertiary/aromatic N) is 2. The second-order valence-electron chi connectivity index (χ2n) is 5.26. The lowest BCUT2D eigenvalue weighted by Crippen LogP contribution is -2.29. The fraction of sp³-hybridized carbons (Fsp3) is 0.412. The smallest absolute Gasteiger partial charge is 0.259 e. The van der Waals surface area contributed by atoms with Crippen LogP contribution in [-0.4, -0.2) is 42.4 Å². The maximum Gasteiger partial charge on any atom is 0.259 e. The van der Waals surface area contributed by atoms with Gasteiger partial charge in [-0.25, -0.2) is 0 Å². The minimum absolute atomic E-state index is 0.00104. The fourth-order valence-electron chi connectivity index (χ4n) is 2.37. The van der Waals surface area contributed by atoms with E-state index in [4.69, 9.17) is 0 Å².